The number of aromatic nitrogens is 2. The van der Waals surface area contributed by atoms with E-state index in [1.54, 1.807) is 6.92 Å². The van der Waals surface area contributed by atoms with Crippen molar-refractivity contribution < 1.29 is 9.53 Å². The van der Waals surface area contributed by atoms with Gasteiger partial charge >= 0.3 is 5.97 Å². The smallest absolute Gasteiger partial charge is 0.329 e. The molecule has 3 aromatic rings. The summed E-state index contributed by atoms with van der Waals surface area (Å²) in [6.45, 7) is 5.81. The average molecular weight is 411 g/mol. The first-order valence-electron chi connectivity index (χ1n) is 10.2. The van der Waals surface area contributed by atoms with E-state index < -0.39 is 6.04 Å². The molecule has 0 aliphatic heterocycles. The molecule has 0 spiro atoms. The number of fused-ring (bicyclic) bond motifs is 1. The van der Waals surface area contributed by atoms with Gasteiger partial charge in [0.2, 0.25) is 0 Å². The van der Waals surface area contributed by atoms with Gasteiger partial charge in [-0.05, 0) is 57.6 Å². The fourth-order valence-corrected chi connectivity index (χ4v) is 4.99. The zero-order valence-electron chi connectivity index (χ0n) is 17.1. The van der Waals surface area contributed by atoms with Gasteiger partial charge in [0.05, 0.1) is 11.7 Å². The summed E-state index contributed by atoms with van der Waals surface area (Å²) in [6, 6.07) is 5.50. The molecule has 0 radical (unpaired) electrons. The number of aryl methyl sites for hydroxylation is 2. The van der Waals surface area contributed by atoms with Crippen LogP contribution in [0.15, 0.2) is 34.7 Å². The minimum atomic E-state index is -0.701. The lowest BCUT2D eigenvalue weighted by atomic mass is 9.98. The van der Waals surface area contributed by atoms with Crippen molar-refractivity contribution in [2.45, 2.75) is 65.0 Å². The molecule has 0 bridgehead atoms. The second-order valence-corrected chi connectivity index (χ2v) is 8.84. The van der Waals surface area contributed by atoms with Gasteiger partial charge in [0.25, 0.3) is 5.56 Å². The van der Waals surface area contributed by atoms with Gasteiger partial charge in [-0.25, -0.2) is 9.78 Å². The van der Waals surface area contributed by atoms with Crippen LogP contribution in [-0.2, 0) is 9.53 Å². The van der Waals surface area contributed by atoms with Crippen LogP contribution in [0.4, 0.5) is 0 Å². The third-order valence-electron chi connectivity index (χ3n) is 5.78. The lowest BCUT2D eigenvalue weighted by Gasteiger charge is -2.24. The lowest BCUT2D eigenvalue weighted by molar-refractivity contribution is -0.154. The number of benzene rings is 1. The van der Waals surface area contributed by atoms with E-state index in [2.05, 4.69) is 18.0 Å². The van der Waals surface area contributed by atoms with Crippen LogP contribution in [0.5, 0.6) is 0 Å². The van der Waals surface area contributed by atoms with E-state index in [0.717, 1.165) is 42.4 Å². The Kier molecular flexibility index (Phi) is 5.54. The number of thiophene rings is 1. The van der Waals surface area contributed by atoms with Gasteiger partial charge in [-0.15, -0.1) is 11.3 Å². The molecule has 1 aliphatic rings. The van der Waals surface area contributed by atoms with Crippen LogP contribution in [0.3, 0.4) is 0 Å². The molecule has 0 N–H and O–H groups in total. The van der Waals surface area contributed by atoms with Gasteiger partial charge < -0.3 is 4.74 Å². The number of carbonyl (C=O) groups excluding carboxylic acids is 1. The predicted octanol–water partition coefficient (Wildman–Crippen LogP) is 5.18. The van der Waals surface area contributed by atoms with E-state index in [1.165, 1.54) is 34.2 Å². The maximum atomic E-state index is 13.3. The maximum Gasteiger partial charge on any atom is 0.329 e. The SMILES string of the molecule is Cc1ccc(-c2csc3ncn(C(C)C(=O)OC4CCCCC4)c(=O)c23)c(C)c1. The van der Waals surface area contributed by atoms with E-state index in [-0.39, 0.29) is 17.6 Å². The molecule has 152 valence electrons. The Morgan fingerprint density at radius 3 is 2.69 bits per heavy atom. The number of hydrogen-bond acceptors (Lipinski definition) is 5. The Morgan fingerprint density at radius 1 is 1.21 bits per heavy atom. The summed E-state index contributed by atoms with van der Waals surface area (Å²) in [4.78, 5) is 31.1. The first kappa shape index (κ1) is 19.8. The summed E-state index contributed by atoms with van der Waals surface area (Å²) >= 11 is 1.45. The number of hydrogen-bond donors (Lipinski definition) is 0. The molecule has 1 fully saturated rings. The summed E-state index contributed by atoms with van der Waals surface area (Å²) in [5.74, 6) is -0.358. The summed E-state index contributed by atoms with van der Waals surface area (Å²) in [6.07, 6.45) is 6.64. The summed E-state index contributed by atoms with van der Waals surface area (Å²) in [5.41, 5.74) is 4.00. The molecule has 2 aromatic heterocycles. The van der Waals surface area contributed by atoms with Crippen molar-refractivity contribution >= 4 is 27.5 Å². The number of esters is 1. The molecule has 29 heavy (non-hydrogen) atoms. The van der Waals surface area contributed by atoms with Crippen LogP contribution in [0.2, 0.25) is 0 Å². The molecule has 1 aromatic carbocycles. The molecule has 0 saturated heterocycles. The number of rotatable bonds is 4. The first-order chi connectivity index (χ1) is 14.0. The Labute approximate surface area is 174 Å². The van der Waals surface area contributed by atoms with E-state index in [4.69, 9.17) is 4.74 Å². The predicted molar refractivity (Wildman–Crippen MR) is 116 cm³/mol. The fraction of sp³-hybridized carbons (Fsp3) is 0.435. The summed E-state index contributed by atoms with van der Waals surface area (Å²) in [7, 11) is 0. The number of carbonyl (C=O) groups is 1. The standard InChI is InChI=1S/C23H26N2O3S/c1-14-9-10-18(15(2)11-14)19-12-29-21-20(19)22(26)25(13-24-21)16(3)23(27)28-17-7-5-4-6-8-17/h9-13,16-17H,4-8H2,1-3H3. The Bertz CT molecular complexity index is 1110. The largest absolute Gasteiger partial charge is 0.461 e. The molecule has 1 aliphatic carbocycles. The van der Waals surface area contributed by atoms with Gasteiger partial charge in [-0.3, -0.25) is 9.36 Å². The highest BCUT2D eigenvalue weighted by Crippen LogP contribution is 2.33. The molecule has 6 heteroatoms. The third-order valence-corrected chi connectivity index (χ3v) is 6.67. The van der Waals surface area contributed by atoms with Gasteiger partial charge in [0.15, 0.2) is 0 Å². The third kappa shape index (κ3) is 3.86. The van der Waals surface area contributed by atoms with Crippen molar-refractivity contribution in [1.82, 2.24) is 9.55 Å². The van der Waals surface area contributed by atoms with Crippen molar-refractivity contribution in [3.63, 3.8) is 0 Å². The highest BCUT2D eigenvalue weighted by atomic mass is 32.1. The van der Waals surface area contributed by atoms with Crippen molar-refractivity contribution in [2.75, 3.05) is 0 Å². The van der Waals surface area contributed by atoms with Crippen molar-refractivity contribution in [3.8, 4) is 11.1 Å². The van der Waals surface area contributed by atoms with E-state index in [0.29, 0.717) is 10.2 Å². The van der Waals surface area contributed by atoms with Crippen molar-refractivity contribution in [1.29, 1.82) is 0 Å². The zero-order valence-corrected chi connectivity index (χ0v) is 17.9. The van der Waals surface area contributed by atoms with E-state index in [9.17, 15) is 9.59 Å². The molecule has 1 atom stereocenters. The molecular formula is C23H26N2O3S. The van der Waals surface area contributed by atoms with Crippen LogP contribution in [0.1, 0.15) is 56.2 Å². The zero-order chi connectivity index (χ0) is 20.5. The van der Waals surface area contributed by atoms with Crippen LogP contribution in [0, 0.1) is 13.8 Å². The second-order valence-electron chi connectivity index (χ2n) is 7.98. The summed E-state index contributed by atoms with van der Waals surface area (Å²) < 4.78 is 7.09. The minimum absolute atomic E-state index is 0.0296. The highest BCUT2D eigenvalue weighted by molar-refractivity contribution is 7.17. The molecule has 4 rings (SSSR count). The molecular weight excluding hydrogens is 384 g/mol. The van der Waals surface area contributed by atoms with Crippen LogP contribution < -0.4 is 5.56 Å². The summed E-state index contributed by atoms with van der Waals surface area (Å²) in [5, 5.41) is 2.55. The maximum absolute atomic E-state index is 13.3. The van der Waals surface area contributed by atoms with E-state index >= 15 is 0 Å². The lowest BCUT2D eigenvalue weighted by Crippen LogP contribution is -2.32. The quantitative estimate of drug-likeness (QED) is 0.556. The van der Waals surface area contributed by atoms with Crippen LogP contribution in [0.25, 0.3) is 21.3 Å². The Hall–Kier alpha value is -2.47. The molecule has 1 unspecified atom stereocenters. The fourth-order valence-electron chi connectivity index (χ4n) is 4.09. The Balaban J connectivity index is 1.70. The normalized spacial score (nSPS) is 16.1. The number of nitrogens with zero attached hydrogens (tertiary/aromatic N) is 2. The van der Waals surface area contributed by atoms with Gasteiger partial charge in [0, 0.05) is 10.9 Å². The monoisotopic (exact) mass is 410 g/mol. The minimum Gasteiger partial charge on any atom is -0.461 e. The highest BCUT2D eigenvalue weighted by Gasteiger charge is 2.25. The van der Waals surface area contributed by atoms with Crippen molar-refractivity contribution in [2.24, 2.45) is 0 Å². The van der Waals surface area contributed by atoms with Crippen LogP contribution in [-0.4, -0.2) is 21.6 Å². The molecule has 0 amide bonds. The van der Waals surface area contributed by atoms with Crippen molar-refractivity contribution in [3.05, 3.63) is 51.4 Å². The van der Waals surface area contributed by atoms with E-state index in [1.807, 2.05) is 24.4 Å². The van der Waals surface area contributed by atoms with Gasteiger partial charge in [-0.1, -0.05) is 30.2 Å². The molecule has 2 heterocycles. The first-order valence-corrected chi connectivity index (χ1v) is 11.1. The Morgan fingerprint density at radius 2 is 1.97 bits per heavy atom. The average Bonchev–Trinajstić information content (AvgIpc) is 3.13. The number of ether oxygens (including phenoxy) is 1. The molecule has 5 nitrogen and oxygen atoms in total. The van der Waals surface area contributed by atoms with Crippen LogP contribution >= 0.6 is 11.3 Å². The second kappa shape index (κ2) is 8.11. The molecule has 1 saturated carbocycles. The van der Waals surface area contributed by atoms with Gasteiger partial charge in [-0.2, -0.15) is 0 Å². The topological polar surface area (TPSA) is 61.2 Å². The van der Waals surface area contributed by atoms with Gasteiger partial charge in [0.1, 0.15) is 17.0 Å².